The van der Waals surface area contributed by atoms with Gasteiger partial charge in [-0.05, 0) is 17.7 Å². The third-order valence-corrected chi connectivity index (χ3v) is 4.04. The molecule has 5 nitrogen and oxygen atoms in total. The number of aromatic nitrogens is 2. The molecule has 4 rings (SSSR count). The van der Waals surface area contributed by atoms with Gasteiger partial charge in [0.2, 0.25) is 0 Å². The number of H-pyrrole nitrogens is 1. The lowest BCUT2D eigenvalue weighted by Crippen LogP contribution is -2.24. The van der Waals surface area contributed by atoms with E-state index in [1.165, 1.54) is 0 Å². The molecule has 0 saturated heterocycles. The van der Waals surface area contributed by atoms with Crippen LogP contribution in [-0.4, -0.2) is 22.8 Å². The lowest BCUT2D eigenvalue weighted by atomic mass is 10.0. The van der Waals surface area contributed by atoms with Crippen LogP contribution in [0, 0.1) is 0 Å². The van der Waals surface area contributed by atoms with Gasteiger partial charge in [0.05, 0.1) is 5.39 Å². The van der Waals surface area contributed by atoms with Gasteiger partial charge in [-0.15, -0.1) is 0 Å². The average Bonchev–Trinajstić information content (AvgIpc) is 2.99. The number of fused-ring (bicyclic) bond motifs is 2. The lowest BCUT2D eigenvalue weighted by Gasteiger charge is -2.11. The van der Waals surface area contributed by atoms with Gasteiger partial charge in [0, 0.05) is 23.9 Å². The van der Waals surface area contributed by atoms with E-state index in [1.807, 2.05) is 36.4 Å². The maximum Gasteiger partial charge on any atom is 0.272 e. The number of para-hydroxylation sites is 1. The fraction of sp³-hybridized carbons (Fsp3) is 0.176. The van der Waals surface area contributed by atoms with Crippen LogP contribution in [0.4, 0.5) is 0 Å². The van der Waals surface area contributed by atoms with Gasteiger partial charge in [0.15, 0.2) is 0 Å². The minimum absolute atomic E-state index is 0.00479. The SMILES string of the molecule is NCC1Cc2cccc(-c3n[nH]c(=O)c4ccccc34)c2O1. The zero-order valence-electron chi connectivity index (χ0n) is 11.9. The standard InChI is InChI=1S/C17H15N3O2/c18-9-11-8-10-4-3-7-14(16(10)22-11)15-12-5-1-2-6-13(12)17(21)20-19-15/h1-7,11H,8-9,18H2,(H,20,21). The number of nitrogens with zero attached hydrogens (tertiary/aromatic N) is 1. The summed E-state index contributed by atoms with van der Waals surface area (Å²) in [6.07, 6.45) is 0.811. The summed E-state index contributed by atoms with van der Waals surface area (Å²) in [6.45, 7) is 0.480. The molecule has 1 atom stereocenters. The van der Waals surface area contributed by atoms with Crippen LogP contribution in [0.2, 0.25) is 0 Å². The van der Waals surface area contributed by atoms with Crippen LogP contribution in [0.3, 0.4) is 0 Å². The molecule has 2 heterocycles. The predicted molar refractivity (Wildman–Crippen MR) is 85.0 cm³/mol. The first-order chi connectivity index (χ1) is 10.8. The number of hydrogen-bond acceptors (Lipinski definition) is 4. The smallest absolute Gasteiger partial charge is 0.272 e. The summed E-state index contributed by atoms with van der Waals surface area (Å²) < 4.78 is 5.96. The van der Waals surface area contributed by atoms with Gasteiger partial charge >= 0.3 is 0 Å². The molecule has 1 unspecified atom stereocenters. The van der Waals surface area contributed by atoms with Crippen molar-refractivity contribution in [3.63, 3.8) is 0 Å². The fourth-order valence-electron chi connectivity index (χ4n) is 2.98. The molecule has 0 bridgehead atoms. The van der Waals surface area contributed by atoms with Crippen molar-refractivity contribution in [2.45, 2.75) is 12.5 Å². The Morgan fingerprint density at radius 1 is 1.18 bits per heavy atom. The molecule has 1 aromatic heterocycles. The minimum Gasteiger partial charge on any atom is -0.488 e. The number of ether oxygens (including phenoxy) is 1. The second kappa shape index (κ2) is 4.96. The van der Waals surface area contributed by atoms with E-state index in [4.69, 9.17) is 10.5 Å². The van der Waals surface area contributed by atoms with Crippen LogP contribution in [-0.2, 0) is 6.42 Å². The van der Waals surface area contributed by atoms with Crippen LogP contribution >= 0.6 is 0 Å². The van der Waals surface area contributed by atoms with Crippen LogP contribution in [0.15, 0.2) is 47.3 Å². The van der Waals surface area contributed by atoms with Gasteiger partial charge in [-0.2, -0.15) is 5.10 Å². The molecule has 2 aromatic carbocycles. The van der Waals surface area contributed by atoms with Crippen molar-refractivity contribution in [3.8, 4) is 17.0 Å². The Labute approximate surface area is 126 Å². The fourth-order valence-corrected chi connectivity index (χ4v) is 2.98. The van der Waals surface area contributed by atoms with E-state index in [0.717, 1.165) is 34.4 Å². The number of nitrogens with one attached hydrogen (secondary N) is 1. The molecule has 0 fully saturated rings. The second-order valence-electron chi connectivity index (χ2n) is 5.42. The summed E-state index contributed by atoms with van der Waals surface area (Å²) in [5, 5.41) is 8.27. The van der Waals surface area contributed by atoms with Crippen molar-refractivity contribution in [1.29, 1.82) is 0 Å². The molecule has 3 aromatic rings. The molecule has 0 radical (unpaired) electrons. The quantitative estimate of drug-likeness (QED) is 0.755. The maximum absolute atomic E-state index is 11.9. The van der Waals surface area contributed by atoms with E-state index in [9.17, 15) is 4.79 Å². The highest BCUT2D eigenvalue weighted by molar-refractivity contribution is 5.95. The van der Waals surface area contributed by atoms with Crippen molar-refractivity contribution < 1.29 is 4.74 Å². The van der Waals surface area contributed by atoms with Gasteiger partial charge < -0.3 is 10.5 Å². The van der Waals surface area contributed by atoms with Crippen LogP contribution in [0.1, 0.15) is 5.56 Å². The molecule has 1 aliphatic heterocycles. The number of rotatable bonds is 2. The van der Waals surface area contributed by atoms with Crippen molar-refractivity contribution in [2.75, 3.05) is 6.54 Å². The Morgan fingerprint density at radius 3 is 2.82 bits per heavy atom. The molecule has 0 aliphatic carbocycles. The summed E-state index contributed by atoms with van der Waals surface area (Å²) in [5.41, 5.74) is 8.28. The first kappa shape index (κ1) is 13.0. The predicted octanol–water partition coefficient (Wildman–Crippen LogP) is 1.85. The molecule has 5 heteroatoms. The molecular weight excluding hydrogens is 278 g/mol. The number of hydrogen-bond donors (Lipinski definition) is 2. The molecule has 3 N–H and O–H groups in total. The van der Waals surface area contributed by atoms with Crippen molar-refractivity contribution in [1.82, 2.24) is 10.2 Å². The Balaban J connectivity index is 1.97. The minimum atomic E-state index is -0.187. The zero-order valence-corrected chi connectivity index (χ0v) is 11.9. The molecule has 0 saturated carbocycles. The Morgan fingerprint density at radius 2 is 2.00 bits per heavy atom. The monoisotopic (exact) mass is 293 g/mol. The normalized spacial score (nSPS) is 16.5. The molecule has 110 valence electrons. The zero-order chi connectivity index (χ0) is 15.1. The van der Waals surface area contributed by atoms with Gasteiger partial charge in [-0.3, -0.25) is 4.79 Å². The van der Waals surface area contributed by atoms with Crippen molar-refractivity contribution >= 4 is 10.8 Å². The number of nitrogens with two attached hydrogens (primary N) is 1. The molecule has 0 amide bonds. The Kier molecular flexibility index (Phi) is 2.94. The molecular formula is C17H15N3O2. The third kappa shape index (κ3) is 1.90. The largest absolute Gasteiger partial charge is 0.488 e. The van der Waals surface area contributed by atoms with Crippen molar-refractivity contribution in [2.24, 2.45) is 5.73 Å². The van der Waals surface area contributed by atoms with E-state index >= 15 is 0 Å². The summed E-state index contributed by atoms with van der Waals surface area (Å²) in [7, 11) is 0. The molecule has 22 heavy (non-hydrogen) atoms. The highest BCUT2D eigenvalue weighted by atomic mass is 16.5. The molecule has 1 aliphatic rings. The summed E-state index contributed by atoms with van der Waals surface area (Å²) in [4.78, 5) is 11.9. The first-order valence-electron chi connectivity index (χ1n) is 7.24. The maximum atomic E-state index is 11.9. The topological polar surface area (TPSA) is 81.0 Å². The first-order valence-corrected chi connectivity index (χ1v) is 7.24. The lowest BCUT2D eigenvalue weighted by molar-refractivity contribution is 0.242. The van der Waals surface area contributed by atoms with Gasteiger partial charge in [0.25, 0.3) is 5.56 Å². The third-order valence-electron chi connectivity index (χ3n) is 4.04. The Bertz CT molecular complexity index is 917. The summed E-state index contributed by atoms with van der Waals surface area (Å²) in [5.74, 6) is 0.822. The van der Waals surface area contributed by atoms with E-state index in [2.05, 4.69) is 10.2 Å². The van der Waals surface area contributed by atoms with E-state index in [0.29, 0.717) is 11.9 Å². The number of aromatic amines is 1. The number of benzene rings is 2. The highest BCUT2D eigenvalue weighted by Crippen LogP contribution is 2.39. The van der Waals surface area contributed by atoms with E-state index < -0.39 is 0 Å². The van der Waals surface area contributed by atoms with Gasteiger partial charge in [-0.1, -0.05) is 30.3 Å². The summed E-state index contributed by atoms with van der Waals surface area (Å²) >= 11 is 0. The van der Waals surface area contributed by atoms with E-state index in [-0.39, 0.29) is 11.7 Å². The van der Waals surface area contributed by atoms with Crippen LogP contribution in [0.25, 0.3) is 22.0 Å². The Hall–Kier alpha value is -2.66. The highest BCUT2D eigenvalue weighted by Gasteiger charge is 2.25. The van der Waals surface area contributed by atoms with Crippen molar-refractivity contribution in [3.05, 3.63) is 58.4 Å². The van der Waals surface area contributed by atoms with Gasteiger partial charge in [0.1, 0.15) is 17.5 Å². The average molecular weight is 293 g/mol. The van der Waals surface area contributed by atoms with E-state index in [1.54, 1.807) is 6.07 Å². The molecule has 0 spiro atoms. The van der Waals surface area contributed by atoms with Gasteiger partial charge in [-0.25, -0.2) is 5.10 Å². The van der Waals surface area contributed by atoms with Crippen LogP contribution in [0.5, 0.6) is 5.75 Å². The second-order valence-corrected chi connectivity index (χ2v) is 5.42. The van der Waals surface area contributed by atoms with Crippen LogP contribution < -0.4 is 16.0 Å². The summed E-state index contributed by atoms with van der Waals surface area (Å²) in [6, 6.07) is 13.4.